The average molecular weight is 289 g/mol. The number of aromatic nitrogens is 1. The van der Waals surface area contributed by atoms with Crippen molar-refractivity contribution in [2.45, 2.75) is 32.9 Å². The molecule has 3 N–H and O–H groups in total. The Labute approximate surface area is 123 Å². The lowest BCUT2D eigenvalue weighted by Gasteiger charge is -2.20. The van der Waals surface area contributed by atoms with Crippen molar-refractivity contribution in [2.75, 3.05) is 0 Å². The highest BCUT2D eigenvalue weighted by atomic mass is 32.1. The van der Waals surface area contributed by atoms with E-state index in [1.807, 2.05) is 51.1 Å². The van der Waals surface area contributed by atoms with Gasteiger partial charge in [0.1, 0.15) is 6.04 Å². The van der Waals surface area contributed by atoms with Gasteiger partial charge in [0.2, 0.25) is 5.91 Å². The highest BCUT2D eigenvalue weighted by Crippen LogP contribution is 2.26. The van der Waals surface area contributed by atoms with Gasteiger partial charge in [0, 0.05) is 10.9 Å². The van der Waals surface area contributed by atoms with Gasteiger partial charge in [-0.25, -0.2) is 4.98 Å². The Hall–Kier alpha value is -1.72. The minimum atomic E-state index is -0.493. The maximum atomic E-state index is 11.7. The van der Waals surface area contributed by atoms with Crippen LogP contribution < -0.4 is 11.1 Å². The summed E-state index contributed by atoms with van der Waals surface area (Å²) in [6.45, 7) is 5.99. The van der Waals surface area contributed by atoms with Gasteiger partial charge in [-0.1, -0.05) is 30.3 Å². The Morgan fingerprint density at radius 2 is 1.95 bits per heavy atom. The summed E-state index contributed by atoms with van der Waals surface area (Å²) in [6.07, 6.45) is 0. The zero-order valence-corrected chi connectivity index (χ0v) is 12.7. The van der Waals surface area contributed by atoms with Crippen molar-refractivity contribution in [3.8, 4) is 0 Å². The van der Waals surface area contributed by atoms with Crippen LogP contribution in [0.5, 0.6) is 0 Å². The first-order valence-electron chi connectivity index (χ1n) is 6.53. The number of thiazole rings is 1. The molecule has 0 saturated carbocycles. The summed E-state index contributed by atoms with van der Waals surface area (Å²) in [5, 5.41) is 4.33. The molecule has 106 valence electrons. The molecule has 2 unspecified atom stereocenters. The molecule has 1 amide bonds. The van der Waals surface area contributed by atoms with E-state index >= 15 is 0 Å². The van der Waals surface area contributed by atoms with Crippen LogP contribution in [0.4, 0.5) is 0 Å². The molecule has 0 spiro atoms. The molecule has 0 saturated heterocycles. The fourth-order valence-electron chi connectivity index (χ4n) is 2.26. The maximum Gasteiger partial charge on any atom is 0.239 e. The minimum absolute atomic E-state index is 0.0268. The molecule has 0 aliphatic rings. The van der Waals surface area contributed by atoms with E-state index in [-0.39, 0.29) is 11.9 Å². The smallest absolute Gasteiger partial charge is 0.239 e. The summed E-state index contributed by atoms with van der Waals surface area (Å²) in [5.41, 5.74) is 7.41. The zero-order chi connectivity index (χ0) is 14.7. The van der Waals surface area contributed by atoms with Crippen LogP contribution in [0.1, 0.15) is 40.1 Å². The van der Waals surface area contributed by atoms with Crippen molar-refractivity contribution in [3.05, 3.63) is 51.5 Å². The van der Waals surface area contributed by atoms with Crippen LogP contribution in [0.15, 0.2) is 30.3 Å². The number of carbonyl (C=O) groups is 1. The number of carbonyl (C=O) groups excluding carboxylic acids is 1. The zero-order valence-electron chi connectivity index (χ0n) is 11.9. The summed E-state index contributed by atoms with van der Waals surface area (Å²) in [5.74, 6) is -0.373. The van der Waals surface area contributed by atoms with Crippen LogP contribution in [-0.4, -0.2) is 10.9 Å². The molecule has 4 nitrogen and oxygen atoms in total. The standard InChI is InChI=1S/C15H19N3OS/c1-9-14(20-11(3)17-9)10(2)18-13(15(16)19)12-7-5-4-6-8-12/h4-8,10,13,18H,1-3H3,(H2,16,19). The van der Waals surface area contributed by atoms with Crippen molar-refractivity contribution in [1.29, 1.82) is 0 Å². The lowest BCUT2D eigenvalue weighted by molar-refractivity contribution is -0.120. The largest absolute Gasteiger partial charge is 0.368 e. The second kappa shape index (κ2) is 6.15. The van der Waals surface area contributed by atoms with Gasteiger partial charge in [0.25, 0.3) is 0 Å². The van der Waals surface area contributed by atoms with Gasteiger partial charge in [-0.15, -0.1) is 11.3 Å². The molecule has 1 heterocycles. The topological polar surface area (TPSA) is 68.0 Å². The van der Waals surface area contributed by atoms with Crippen molar-refractivity contribution in [1.82, 2.24) is 10.3 Å². The SMILES string of the molecule is Cc1nc(C)c(C(C)NC(C(N)=O)c2ccccc2)s1. The average Bonchev–Trinajstić information content (AvgIpc) is 2.75. The summed E-state index contributed by atoms with van der Waals surface area (Å²) in [4.78, 5) is 17.3. The second-order valence-electron chi connectivity index (χ2n) is 4.82. The Bertz CT molecular complexity index is 594. The number of nitrogens with two attached hydrogens (primary N) is 1. The van der Waals surface area contributed by atoms with E-state index in [1.165, 1.54) is 0 Å². The first kappa shape index (κ1) is 14.7. The van der Waals surface area contributed by atoms with E-state index < -0.39 is 6.04 Å². The molecule has 5 heteroatoms. The van der Waals surface area contributed by atoms with Gasteiger partial charge < -0.3 is 5.73 Å². The van der Waals surface area contributed by atoms with Crippen molar-refractivity contribution in [3.63, 3.8) is 0 Å². The van der Waals surface area contributed by atoms with E-state index in [2.05, 4.69) is 10.3 Å². The number of primary amides is 1. The molecule has 0 aliphatic carbocycles. The quantitative estimate of drug-likeness (QED) is 0.889. The Kier molecular flexibility index (Phi) is 4.52. The molecule has 20 heavy (non-hydrogen) atoms. The van der Waals surface area contributed by atoms with Crippen LogP contribution in [0.3, 0.4) is 0 Å². The van der Waals surface area contributed by atoms with E-state index in [9.17, 15) is 4.79 Å². The Morgan fingerprint density at radius 3 is 2.45 bits per heavy atom. The van der Waals surface area contributed by atoms with Gasteiger partial charge in [-0.05, 0) is 26.3 Å². The number of nitrogens with zero attached hydrogens (tertiary/aromatic N) is 1. The molecule has 0 fully saturated rings. The molecule has 2 atom stereocenters. The highest BCUT2D eigenvalue weighted by molar-refractivity contribution is 7.11. The van der Waals surface area contributed by atoms with Gasteiger partial charge in [0.15, 0.2) is 0 Å². The molecule has 0 bridgehead atoms. The monoisotopic (exact) mass is 289 g/mol. The third-order valence-electron chi connectivity index (χ3n) is 3.17. The second-order valence-corrected chi connectivity index (χ2v) is 6.05. The maximum absolute atomic E-state index is 11.7. The Morgan fingerprint density at radius 1 is 1.30 bits per heavy atom. The number of benzene rings is 1. The van der Waals surface area contributed by atoms with Crippen LogP contribution in [0.2, 0.25) is 0 Å². The van der Waals surface area contributed by atoms with E-state index in [0.717, 1.165) is 21.1 Å². The van der Waals surface area contributed by atoms with Crippen molar-refractivity contribution >= 4 is 17.2 Å². The molecular formula is C15H19N3OS. The summed E-state index contributed by atoms with van der Waals surface area (Å²) in [6, 6.07) is 9.06. The number of aryl methyl sites for hydroxylation is 2. The minimum Gasteiger partial charge on any atom is -0.368 e. The predicted molar refractivity (Wildman–Crippen MR) is 81.5 cm³/mol. The van der Waals surface area contributed by atoms with E-state index in [0.29, 0.717) is 0 Å². The van der Waals surface area contributed by atoms with Gasteiger partial charge in [0.05, 0.1) is 10.7 Å². The van der Waals surface area contributed by atoms with Crippen LogP contribution in [-0.2, 0) is 4.79 Å². The summed E-state index contributed by atoms with van der Waals surface area (Å²) >= 11 is 1.65. The highest BCUT2D eigenvalue weighted by Gasteiger charge is 2.22. The van der Waals surface area contributed by atoms with Crippen molar-refractivity contribution < 1.29 is 4.79 Å². The van der Waals surface area contributed by atoms with Gasteiger partial charge >= 0.3 is 0 Å². The van der Waals surface area contributed by atoms with Gasteiger partial charge in [-0.3, -0.25) is 10.1 Å². The molecule has 1 aromatic carbocycles. The first-order chi connectivity index (χ1) is 9.49. The lowest BCUT2D eigenvalue weighted by atomic mass is 10.1. The van der Waals surface area contributed by atoms with Crippen LogP contribution in [0, 0.1) is 13.8 Å². The number of hydrogen-bond acceptors (Lipinski definition) is 4. The van der Waals surface area contributed by atoms with Crippen LogP contribution >= 0.6 is 11.3 Å². The lowest BCUT2D eigenvalue weighted by Crippen LogP contribution is -2.35. The first-order valence-corrected chi connectivity index (χ1v) is 7.35. The normalized spacial score (nSPS) is 13.9. The van der Waals surface area contributed by atoms with Crippen LogP contribution in [0.25, 0.3) is 0 Å². The van der Waals surface area contributed by atoms with Gasteiger partial charge in [-0.2, -0.15) is 0 Å². The predicted octanol–water partition coefficient (Wildman–Crippen LogP) is 2.64. The molecule has 2 aromatic rings. The third kappa shape index (κ3) is 3.23. The fraction of sp³-hybridized carbons (Fsp3) is 0.333. The molecule has 2 rings (SSSR count). The molecule has 1 aromatic heterocycles. The number of nitrogens with one attached hydrogen (secondary N) is 1. The van der Waals surface area contributed by atoms with E-state index in [4.69, 9.17) is 5.73 Å². The summed E-state index contributed by atoms with van der Waals surface area (Å²) < 4.78 is 0. The molecule has 0 radical (unpaired) electrons. The fourth-order valence-corrected chi connectivity index (χ4v) is 3.20. The number of hydrogen-bond donors (Lipinski definition) is 2. The van der Waals surface area contributed by atoms with E-state index in [1.54, 1.807) is 11.3 Å². The number of amides is 1. The third-order valence-corrected chi connectivity index (χ3v) is 4.42. The Balaban J connectivity index is 2.21. The molecular weight excluding hydrogens is 270 g/mol. The molecule has 0 aliphatic heterocycles. The summed E-state index contributed by atoms with van der Waals surface area (Å²) in [7, 11) is 0. The number of rotatable bonds is 5. The van der Waals surface area contributed by atoms with Crippen molar-refractivity contribution in [2.24, 2.45) is 5.73 Å².